The highest BCUT2D eigenvalue weighted by atomic mass is 35.5. The summed E-state index contributed by atoms with van der Waals surface area (Å²) >= 11 is 6.25. The fourth-order valence-electron chi connectivity index (χ4n) is 3.80. The van der Waals surface area contributed by atoms with Crippen LogP contribution in [0.1, 0.15) is 54.7 Å². The van der Waals surface area contributed by atoms with Crippen molar-refractivity contribution in [2.45, 2.75) is 65.7 Å². The van der Waals surface area contributed by atoms with Gasteiger partial charge in [-0.2, -0.15) is 0 Å². The minimum Gasteiger partial charge on any atom is -0.462 e. The lowest BCUT2D eigenvalue weighted by Crippen LogP contribution is -2.41. The Kier molecular flexibility index (Phi) is 8.48. The number of halogens is 2. The van der Waals surface area contributed by atoms with Gasteiger partial charge in [-0.1, -0.05) is 44.5 Å². The summed E-state index contributed by atoms with van der Waals surface area (Å²) in [4.78, 5) is 25.9. The zero-order valence-electron chi connectivity index (χ0n) is 22.1. The third-order valence-electron chi connectivity index (χ3n) is 7.11. The van der Waals surface area contributed by atoms with E-state index in [9.17, 15) is 9.59 Å². The summed E-state index contributed by atoms with van der Waals surface area (Å²) < 4.78 is 28.5. The van der Waals surface area contributed by atoms with Gasteiger partial charge in [0.25, 0.3) is 0 Å². The Bertz CT molecular complexity index is 1340. The van der Waals surface area contributed by atoms with E-state index in [0.717, 1.165) is 11.1 Å². The van der Waals surface area contributed by atoms with Crippen LogP contribution >= 0.6 is 11.6 Å². The number of hydrogen-bond acceptors (Lipinski definition) is 4. The lowest BCUT2D eigenvalue weighted by atomic mass is 9.98. The third kappa shape index (κ3) is 5.90. The first-order chi connectivity index (χ1) is 16.8. The summed E-state index contributed by atoms with van der Waals surface area (Å²) in [6, 6.07) is 8.40. The van der Waals surface area contributed by atoms with E-state index in [4.69, 9.17) is 20.8 Å². The van der Waals surface area contributed by atoms with E-state index in [2.05, 4.69) is 33.9 Å². The zero-order chi connectivity index (χ0) is 26.8. The molecule has 0 aliphatic heterocycles. The Morgan fingerprint density at radius 3 is 2.50 bits per heavy atom. The predicted octanol–water partition coefficient (Wildman–Crippen LogP) is 6.89. The average molecular weight is 532 g/mol. The normalized spacial score (nSPS) is 12.2. The van der Waals surface area contributed by atoms with Crippen molar-refractivity contribution in [3.63, 3.8) is 0 Å². The molecule has 0 unspecified atom stereocenters. The maximum absolute atomic E-state index is 15.3. The molecule has 0 saturated heterocycles. The van der Waals surface area contributed by atoms with E-state index in [1.165, 1.54) is 12.3 Å². The molecule has 0 aliphatic rings. The molecule has 0 bridgehead atoms. The first-order valence-corrected chi connectivity index (χ1v) is 15.5. The van der Waals surface area contributed by atoms with Crippen molar-refractivity contribution >= 4 is 36.8 Å². The quantitative estimate of drug-likeness (QED) is 0.234. The van der Waals surface area contributed by atoms with E-state index >= 15 is 4.39 Å². The average Bonchev–Trinajstić information content (AvgIpc) is 2.78. The molecule has 0 radical (unpaired) electrons. The fourth-order valence-corrected chi connectivity index (χ4v) is 5.02. The van der Waals surface area contributed by atoms with Crippen molar-refractivity contribution in [2.75, 3.05) is 13.2 Å². The monoisotopic (exact) mass is 531 g/mol. The predicted molar refractivity (Wildman–Crippen MR) is 146 cm³/mol. The summed E-state index contributed by atoms with van der Waals surface area (Å²) in [5, 5.41) is 0.903. The second-order valence-corrected chi connectivity index (χ2v) is 15.8. The van der Waals surface area contributed by atoms with Crippen LogP contribution in [0.4, 0.5) is 4.39 Å². The number of rotatable bonds is 8. The topological polar surface area (TPSA) is 57.5 Å². The van der Waals surface area contributed by atoms with Gasteiger partial charge >= 0.3 is 5.97 Å². The Labute approximate surface area is 218 Å². The number of ether oxygens (including phenoxy) is 1. The van der Waals surface area contributed by atoms with Gasteiger partial charge in [-0.15, -0.1) is 0 Å². The lowest BCUT2D eigenvalue weighted by molar-refractivity contribution is 0.0524. The van der Waals surface area contributed by atoms with Crippen molar-refractivity contribution in [1.82, 2.24) is 4.57 Å². The van der Waals surface area contributed by atoms with Crippen LogP contribution in [0.2, 0.25) is 23.2 Å². The maximum atomic E-state index is 15.3. The Hall–Kier alpha value is -2.48. The molecule has 2 aromatic carbocycles. The minimum atomic E-state index is -2.01. The summed E-state index contributed by atoms with van der Waals surface area (Å²) in [6.07, 6.45) is 1.73. The molecule has 8 heteroatoms. The van der Waals surface area contributed by atoms with Gasteiger partial charge in [0.1, 0.15) is 11.4 Å². The third-order valence-corrected chi connectivity index (χ3v) is 12.1. The molecule has 0 saturated carbocycles. The molecule has 36 heavy (non-hydrogen) atoms. The molecule has 5 nitrogen and oxygen atoms in total. The number of fused-ring (bicyclic) bond motifs is 1. The van der Waals surface area contributed by atoms with E-state index in [1.54, 1.807) is 23.6 Å². The Morgan fingerprint density at radius 1 is 1.17 bits per heavy atom. The number of benzene rings is 2. The van der Waals surface area contributed by atoms with Crippen LogP contribution in [0.25, 0.3) is 10.9 Å². The molecule has 0 aliphatic carbocycles. The molecule has 0 amide bonds. The largest absolute Gasteiger partial charge is 0.462 e. The molecule has 0 spiro atoms. The van der Waals surface area contributed by atoms with Gasteiger partial charge in [-0.25, -0.2) is 9.18 Å². The number of esters is 1. The summed E-state index contributed by atoms with van der Waals surface area (Å²) in [6.45, 7) is 15.2. The number of carbonyl (C=O) groups is 1. The van der Waals surface area contributed by atoms with Crippen LogP contribution in [0.15, 0.2) is 41.3 Å². The summed E-state index contributed by atoms with van der Waals surface area (Å²) in [5.74, 6) is -1.12. The highest BCUT2D eigenvalue weighted by Gasteiger charge is 2.37. The smallest absolute Gasteiger partial charge is 0.343 e. The van der Waals surface area contributed by atoms with Gasteiger partial charge in [0.05, 0.1) is 18.7 Å². The number of nitrogens with zero attached hydrogens (tertiary/aromatic N) is 1. The van der Waals surface area contributed by atoms with Crippen LogP contribution in [0, 0.1) is 12.7 Å². The van der Waals surface area contributed by atoms with Gasteiger partial charge in [0, 0.05) is 29.6 Å². The van der Waals surface area contributed by atoms with Crippen LogP contribution in [-0.2, 0) is 22.1 Å². The van der Waals surface area contributed by atoms with Crippen LogP contribution < -0.4 is 5.43 Å². The first-order valence-electron chi connectivity index (χ1n) is 12.2. The van der Waals surface area contributed by atoms with Crippen LogP contribution in [0.5, 0.6) is 0 Å². The van der Waals surface area contributed by atoms with E-state index in [1.807, 2.05) is 19.1 Å². The molecule has 3 aromatic rings. The highest BCUT2D eigenvalue weighted by Crippen LogP contribution is 2.36. The van der Waals surface area contributed by atoms with Gasteiger partial charge in [0.2, 0.25) is 5.43 Å². The summed E-state index contributed by atoms with van der Waals surface area (Å²) in [5.41, 5.74) is 1.94. The van der Waals surface area contributed by atoms with E-state index < -0.39 is 25.5 Å². The van der Waals surface area contributed by atoms with Crippen molar-refractivity contribution in [2.24, 2.45) is 0 Å². The maximum Gasteiger partial charge on any atom is 0.343 e. The molecule has 3 rings (SSSR count). The van der Waals surface area contributed by atoms with Crippen molar-refractivity contribution < 1.29 is 18.3 Å². The van der Waals surface area contributed by atoms with Crippen LogP contribution in [-0.4, -0.2) is 32.1 Å². The Morgan fingerprint density at radius 2 is 1.86 bits per heavy atom. The fraction of sp³-hybridized carbons (Fsp3) is 0.429. The summed E-state index contributed by atoms with van der Waals surface area (Å²) in [7, 11) is -2.01. The first kappa shape index (κ1) is 28.1. The van der Waals surface area contributed by atoms with Crippen LogP contribution in [0.3, 0.4) is 0 Å². The zero-order valence-corrected chi connectivity index (χ0v) is 23.9. The number of carbonyl (C=O) groups excluding carboxylic acids is 1. The van der Waals surface area contributed by atoms with Gasteiger partial charge in [-0.05, 0) is 66.9 Å². The van der Waals surface area contributed by atoms with E-state index in [0.29, 0.717) is 29.3 Å². The number of hydrogen-bond donors (Lipinski definition) is 0. The number of aromatic nitrogens is 1. The molecule has 0 N–H and O–H groups in total. The van der Waals surface area contributed by atoms with Gasteiger partial charge in [0.15, 0.2) is 8.32 Å². The molecular weight excluding hydrogens is 497 g/mol. The second kappa shape index (κ2) is 10.9. The van der Waals surface area contributed by atoms with Crippen molar-refractivity contribution in [1.29, 1.82) is 0 Å². The standard InChI is InChI=1S/C28H35ClFNO4Si/c1-8-34-27(33)22-17-31(12-13-35-36(6,7)28(3,4)5)25-16-24(30)20(15-21(25)26(22)32)14-19-10-9-11-23(29)18(19)2/h9-11,15-17H,8,12-14H2,1-7H3. The van der Waals surface area contributed by atoms with Gasteiger partial charge < -0.3 is 13.7 Å². The van der Waals surface area contributed by atoms with E-state index in [-0.39, 0.29) is 29.0 Å². The van der Waals surface area contributed by atoms with Crippen molar-refractivity contribution in [3.05, 3.63) is 79.8 Å². The molecule has 0 fully saturated rings. The molecule has 0 atom stereocenters. The van der Waals surface area contributed by atoms with Gasteiger partial charge in [-0.3, -0.25) is 4.79 Å². The number of pyridine rings is 1. The Balaban J connectivity index is 2.09. The highest BCUT2D eigenvalue weighted by molar-refractivity contribution is 6.74. The molecule has 1 aromatic heterocycles. The minimum absolute atomic E-state index is 0.0359. The molecule has 194 valence electrons. The molecular formula is C28H35ClFNO4Si. The second-order valence-electron chi connectivity index (χ2n) is 10.6. The molecule has 1 heterocycles. The SMILES string of the molecule is CCOC(=O)c1cn(CCO[Si](C)(C)C(C)(C)C)c2cc(F)c(Cc3cccc(Cl)c3C)cc2c1=O. The lowest BCUT2D eigenvalue weighted by Gasteiger charge is -2.36. The van der Waals surface area contributed by atoms with Crippen molar-refractivity contribution in [3.8, 4) is 0 Å².